The Morgan fingerprint density at radius 3 is 2.08 bits per heavy atom. The van der Waals surface area contributed by atoms with Crippen LogP contribution in [0.1, 0.15) is 12.8 Å². The zero-order valence-corrected chi connectivity index (χ0v) is 8.66. The van der Waals surface area contributed by atoms with Gasteiger partial charge in [-0.25, -0.2) is 0 Å². The summed E-state index contributed by atoms with van der Waals surface area (Å²) < 4.78 is 0. The molecule has 76 valence electrons. The van der Waals surface area contributed by atoms with Crippen molar-refractivity contribution in [3.05, 3.63) is 0 Å². The molecule has 0 aliphatic carbocycles. The predicted octanol–water partition coefficient (Wildman–Crippen LogP) is 0.00470. The molecule has 0 unspecified atom stereocenters. The van der Waals surface area contributed by atoms with E-state index in [1.807, 2.05) is 0 Å². The normalized spacial score (nSPS) is 31.6. The maximum absolute atomic E-state index is 10.2. The summed E-state index contributed by atoms with van der Waals surface area (Å²) in [5, 5.41) is 10.2. The topological polar surface area (TPSA) is 26.7 Å². The number of β-amino-alcohol motifs (C(OH)–C–C–N with tert-alkyl or cyclic N) is 1. The Kier molecular flexibility index (Phi) is 2.34. The second kappa shape index (κ2) is 3.23. The number of likely N-dealkylation sites (tertiary alicyclic amines) is 2. The van der Waals surface area contributed by atoms with Crippen LogP contribution in [0.25, 0.3) is 0 Å². The van der Waals surface area contributed by atoms with E-state index in [1.165, 1.54) is 12.8 Å². The molecule has 0 spiro atoms. The van der Waals surface area contributed by atoms with E-state index in [-0.39, 0.29) is 5.60 Å². The van der Waals surface area contributed by atoms with E-state index in [0.29, 0.717) is 5.92 Å². The van der Waals surface area contributed by atoms with E-state index in [4.69, 9.17) is 0 Å². The number of aliphatic hydroxyl groups is 1. The van der Waals surface area contributed by atoms with Crippen LogP contribution in [0.3, 0.4) is 0 Å². The zero-order valence-electron chi connectivity index (χ0n) is 8.66. The quantitative estimate of drug-likeness (QED) is 0.621. The molecule has 0 saturated carbocycles. The first-order valence-corrected chi connectivity index (χ1v) is 5.20. The largest absolute Gasteiger partial charge is 0.387 e. The van der Waals surface area contributed by atoms with Gasteiger partial charge in [0, 0.05) is 13.1 Å². The van der Waals surface area contributed by atoms with E-state index >= 15 is 0 Å². The molecule has 2 saturated heterocycles. The van der Waals surface area contributed by atoms with Gasteiger partial charge >= 0.3 is 0 Å². The highest BCUT2D eigenvalue weighted by Crippen LogP contribution is 2.34. The van der Waals surface area contributed by atoms with Crippen LogP contribution in [0.4, 0.5) is 0 Å². The molecule has 0 atom stereocenters. The fourth-order valence-corrected chi connectivity index (χ4v) is 2.69. The fourth-order valence-electron chi connectivity index (χ4n) is 2.69. The summed E-state index contributed by atoms with van der Waals surface area (Å²) in [6.07, 6.45) is 2.34. The van der Waals surface area contributed by atoms with E-state index in [0.717, 1.165) is 26.2 Å². The molecule has 3 heteroatoms. The molecule has 2 aliphatic rings. The van der Waals surface area contributed by atoms with Gasteiger partial charge in [0.2, 0.25) is 0 Å². The van der Waals surface area contributed by atoms with Crippen molar-refractivity contribution >= 4 is 0 Å². The number of nitrogens with zero attached hydrogens (tertiary/aromatic N) is 2. The van der Waals surface area contributed by atoms with Crippen LogP contribution in [0.5, 0.6) is 0 Å². The fraction of sp³-hybridized carbons (Fsp3) is 1.00. The number of hydrogen-bond acceptors (Lipinski definition) is 3. The highest BCUT2D eigenvalue weighted by molar-refractivity contribution is 5.00. The summed E-state index contributed by atoms with van der Waals surface area (Å²) in [7, 11) is 4.23. The van der Waals surface area contributed by atoms with E-state index in [2.05, 4.69) is 23.9 Å². The van der Waals surface area contributed by atoms with Gasteiger partial charge in [0.1, 0.15) is 0 Å². The average molecular weight is 184 g/mol. The third kappa shape index (κ3) is 1.73. The molecule has 13 heavy (non-hydrogen) atoms. The molecule has 0 aromatic carbocycles. The molecule has 0 bridgehead atoms. The van der Waals surface area contributed by atoms with Gasteiger partial charge in [0.15, 0.2) is 0 Å². The number of piperidine rings is 1. The van der Waals surface area contributed by atoms with Gasteiger partial charge in [-0.2, -0.15) is 0 Å². The van der Waals surface area contributed by atoms with Gasteiger partial charge in [0.25, 0.3) is 0 Å². The van der Waals surface area contributed by atoms with Crippen molar-refractivity contribution in [1.82, 2.24) is 9.80 Å². The number of likely N-dealkylation sites (N-methyl/N-ethyl adjacent to an activating group) is 1. The molecular formula is C10H20N2O. The van der Waals surface area contributed by atoms with Gasteiger partial charge in [-0.1, -0.05) is 0 Å². The Bertz CT molecular complexity index is 181. The predicted molar refractivity (Wildman–Crippen MR) is 52.7 cm³/mol. The second-order valence-corrected chi connectivity index (χ2v) is 4.85. The van der Waals surface area contributed by atoms with Crippen LogP contribution in [-0.4, -0.2) is 60.8 Å². The van der Waals surface area contributed by atoms with Crippen LogP contribution < -0.4 is 0 Å². The van der Waals surface area contributed by atoms with Crippen molar-refractivity contribution in [1.29, 1.82) is 0 Å². The van der Waals surface area contributed by atoms with Crippen molar-refractivity contribution < 1.29 is 5.11 Å². The standard InChI is InChI=1S/C10H20N2O/c1-11-5-3-9(4-6-11)10(13)7-12(2)8-10/h9,13H,3-8H2,1-2H3. The minimum Gasteiger partial charge on any atom is -0.387 e. The van der Waals surface area contributed by atoms with E-state index in [1.54, 1.807) is 0 Å². The van der Waals surface area contributed by atoms with Crippen LogP contribution in [-0.2, 0) is 0 Å². The van der Waals surface area contributed by atoms with Crippen molar-refractivity contribution in [3.8, 4) is 0 Å². The SMILES string of the molecule is CN1CCC(C2(O)CN(C)C2)CC1. The highest BCUT2D eigenvalue weighted by atomic mass is 16.3. The summed E-state index contributed by atoms with van der Waals surface area (Å²) >= 11 is 0. The molecule has 3 nitrogen and oxygen atoms in total. The molecule has 2 heterocycles. The Balaban J connectivity index is 1.88. The Labute approximate surface area is 80.3 Å². The Morgan fingerprint density at radius 1 is 1.08 bits per heavy atom. The van der Waals surface area contributed by atoms with Gasteiger partial charge in [-0.15, -0.1) is 0 Å². The smallest absolute Gasteiger partial charge is 0.0928 e. The average Bonchev–Trinajstić information content (AvgIpc) is 2.03. The maximum Gasteiger partial charge on any atom is 0.0928 e. The second-order valence-electron chi connectivity index (χ2n) is 4.85. The third-order valence-corrected chi connectivity index (χ3v) is 3.57. The van der Waals surface area contributed by atoms with Crippen LogP contribution in [0.2, 0.25) is 0 Å². The lowest BCUT2D eigenvalue weighted by molar-refractivity contribution is -0.137. The first-order valence-electron chi connectivity index (χ1n) is 5.20. The van der Waals surface area contributed by atoms with E-state index in [9.17, 15) is 5.11 Å². The summed E-state index contributed by atoms with van der Waals surface area (Å²) in [4.78, 5) is 4.54. The van der Waals surface area contributed by atoms with Gasteiger partial charge in [-0.05, 0) is 45.9 Å². The molecule has 2 fully saturated rings. The summed E-state index contributed by atoms with van der Waals surface area (Å²) in [6, 6.07) is 0. The van der Waals surface area contributed by atoms with Crippen molar-refractivity contribution in [2.45, 2.75) is 18.4 Å². The maximum atomic E-state index is 10.2. The van der Waals surface area contributed by atoms with Crippen molar-refractivity contribution in [2.24, 2.45) is 5.92 Å². The monoisotopic (exact) mass is 184 g/mol. The molecule has 2 aliphatic heterocycles. The molecule has 1 N–H and O–H groups in total. The third-order valence-electron chi connectivity index (χ3n) is 3.57. The van der Waals surface area contributed by atoms with Crippen molar-refractivity contribution in [2.75, 3.05) is 40.3 Å². The molecule has 0 aromatic rings. The first-order chi connectivity index (χ1) is 6.10. The number of hydrogen-bond donors (Lipinski definition) is 1. The molecule has 2 rings (SSSR count). The van der Waals surface area contributed by atoms with Crippen LogP contribution in [0, 0.1) is 5.92 Å². The zero-order chi connectivity index (χ0) is 9.47. The van der Waals surface area contributed by atoms with Crippen molar-refractivity contribution in [3.63, 3.8) is 0 Å². The minimum absolute atomic E-state index is 0.351. The van der Waals surface area contributed by atoms with Gasteiger partial charge in [0.05, 0.1) is 5.60 Å². The molecular weight excluding hydrogens is 164 g/mol. The van der Waals surface area contributed by atoms with Crippen LogP contribution in [0.15, 0.2) is 0 Å². The molecule has 0 radical (unpaired) electrons. The van der Waals surface area contributed by atoms with Gasteiger partial charge < -0.3 is 14.9 Å². The minimum atomic E-state index is -0.351. The summed E-state index contributed by atoms with van der Waals surface area (Å²) in [6.45, 7) is 4.05. The first kappa shape index (κ1) is 9.44. The number of rotatable bonds is 1. The van der Waals surface area contributed by atoms with E-state index < -0.39 is 0 Å². The highest BCUT2D eigenvalue weighted by Gasteiger charge is 2.45. The summed E-state index contributed by atoms with van der Waals surface area (Å²) in [5.74, 6) is 0.542. The van der Waals surface area contributed by atoms with Crippen LogP contribution >= 0.6 is 0 Å². The summed E-state index contributed by atoms with van der Waals surface area (Å²) in [5.41, 5.74) is -0.351. The lowest BCUT2D eigenvalue weighted by Gasteiger charge is -2.51. The molecule has 0 amide bonds. The Morgan fingerprint density at radius 2 is 1.62 bits per heavy atom. The molecule has 0 aromatic heterocycles. The lowest BCUT2D eigenvalue weighted by atomic mass is 9.76. The van der Waals surface area contributed by atoms with Gasteiger partial charge in [-0.3, -0.25) is 0 Å². The Hall–Kier alpha value is -0.120. The lowest BCUT2D eigenvalue weighted by Crippen LogP contribution is -2.65.